The minimum atomic E-state index is -1.05. The summed E-state index contributed by atoms with van der Waals surface area (Å²) in [6, 6.07) is 3.64. The van der Waals surface area contributed by atoms with E-state index in [4.69, 9.17) is 9.47 Å². The topological polar surface area (TPSA) is 168 Å². The van der Waals surface area contributed by atoms with E-state index in [9.17, 15) is 24.0 Å². The molecule has 1 aliphatic heterocycles. The van der Waals surface area contributed by atoms with Crippen LogP contribution >= 0.6 is 0 Å². The number of carbonyl (C=O) groups excluding carboxylic acids is 5. The van der Waals surface area contributed by atoms with E-state index in [1.807, 2.05) is 67.5 Å². The summed E-state index contributed by atoms with van der Waals surface area (Å²) < 4.78 is 11.9. The van der Waals surface area contributed by atoms with Crippen molar-refractivity contribution in [2.24, 2.45) is 5.41 Å². The Bertz CT molecular complexity index is 1580. The van der Waals surface area contributed by atoms with Crippen LogP contribution in [0.25, 0.3) is 10.9 Å². The number of ketones is 1. The molecule has 0 bridgehead atoms. The van der Waals surface area contributed by atoms with E-state index in [0.29, 0.717) is 29.1 Å². The van der Waals surface area contributed by atoms with Gasteiger partial charge in [-0.2, -0.15) is 0 Å². The first-order chi connectivity index (χ1) is 22.9. The third-order valence-corrected chi connectivity index (χ3v) is 8.47. The van der Waals surface area contributed by atoms with Crippen LogP contribution in [0, 0.1) is 12.3 Å². The lowest BCUT2D eigenvalue weighted by Gasteiger charge is -2.36. The van der Waals surface area contributed by atoms with E-state index in [1.165, 1.54) is 4.90 Å². The molecule has 2 aliphatic rings. The Kier molecular flexibility index (Phi) is 11.4. The third kappa shape index (κ3) is 9.82. The number of likely N-dealkylation sites (tertiary alicyclic amines) is 1. The first-order valence-corrected chi connectivity index (χ1v) is 17.1. The Hall–Kier alpha value is -4.42. The summed E-state index contributed by atoms with van der Waals surface area (Å²) in [5, 5.41) is 11.9. The van der Waals surface area contributed by atoms with Crippen molar-refractivity contribution >= 4 is 40.4 Å². The van der Waals surface area contributed by atoms with Gasteiger partial charge in [0.25, 0.3) is 5.91 Å². The highest BCUT2D eigenvalue weighted by molar-refractivity contribution is 6.38. The van der Waals surface area contributed by atoms with Crippen molar-refractivity contribution in [3.05, 3.63) is 30.0 Å². The molecule has 0 spiro atoms. The van der Waals surface area contributed by atoms with Crippen LogP contribution in [0.15, 0.2) is 24.3 Å². The average molecular weight is 681 g/mol. The van der Waals surface area contributed by atoms with E-state index in [-0.39, 0.29) is 25.4 Å². The molecule has 1 aromatic heterocycles. The lowest BCUT2D eigenvalue weighted by Crippen LogP contribution is -2.61. The number of nitrogens with one attached hydrogen (secondary N) is 4. The molecule has 2 aromatic rings. The van der Waals surface area contributed by atoms with Crippen LogP contribution in [0.1, 0.15) is 86.3 Å². The third-order valence-electron chi connectivity index (χ3n) is 8.47. The zero-order chi connectivity index (χ0) is 36.3. The Morgan fingerprint density at radius 3 is 2.31 bits per heavy atom. The van der Waals surface area contributed by atoms with Gasteiger partial charge < -0.3 is 35.6 Å². The van der Waals surface area contributed by atoms with Gasteiger partial charge in [0.1, 0.15) is 29.7 Å². The minimum absolute atomic E-state index is 0.0124. The molecule has 1 saturated carbocycles. The zero-order valence-corrected chi connectivity index (χ0v) is 30.2. The molecule has 13 heteroatoms. The van der Waals surface area contributed by atoms with Crippen molar-refractivity contribution in [3.8, 4) is 11.5 Å². The predicted molar refractivity (Wildman–Crippen MR) is 185 cm³/mol. The van der Waals surface area contributed by atoms with Crippen molar-refractivity contribution in [2.45, 2.75) is 123 Å². The van der Waals surface area contributed by atoms with Crippen LogP contribution in [0.5, 0.6) is 11.5 Å². The van der Waals surface area contributed by atoms with Gasteiger partial charge in [0.2, 0.25) is 17.6 Å². The molecule has 1 aliphatic carbocycles. The van der Waals surface area contributed by atoms with Crippen molar-refractivity contribution in [1.82, 2.24) is 31.2 Å². The number of pyridine rings is 1. The molecule has 5 amide bonds. The maximum atomic E-state index is 14.4. The van der Waals surface area contributed by atoms with Crippen molar-refractivity contribution in [1.29, 1.82) is 0 Å². The molecule has 4 rings (SSSR count). The fraction of sp³-hybridized carbons (Fsp3) is 0.611. The molecule has 4 atom stereocenters. The second kappa shape index (κ2) is 15.0. The number of Topliss-reactive ketones (excluding diaryl/α,β-unsaturated/α-hetero) is 1. The summed E-state index contributed by atoms with van der Waals surface area (Å²) in [4.78, 5) is 73.3. The highest BCUT2D eigenvalue weighted by Crippen LogP contribution is 2.33. The number of benzene rings is 1. The smallest absolute Gasteiger partial charge is 0.315 e. The maximum Gasteiger partial charge on any atom is 0.315 e. The lowest BCUT2D eigenvalue weighted by atomic mass is 9.85. The standard InChI is InChI=1S/C36H52N6O7/c1-10-11-25(29(43)32(45)38-21-12-13-21)39-31(44)27-18-23(49-28-16-20(2)37-26-17-22(48-9)14-15-24(26)28)19-42(27)33(46)30(35(3,4)5)40-34(47)41-36(6,7)8/h14-17,21,23,25,27,30H,10-13,18-19H2,1-9H3,(H,38,45)(H,39,44)(H2,40,41,47)/t23?,25-,27-,30+/m0/s1. The first-order valence-electron chi connectivity index (χ1n) is 17.1. The molecule has 1 unspecified atom stereocenters. The highest BCUT2D eigenvalue weighted by Gasteiger charge is 2.46. The Balaban J connectivity index is 1.65. The monoisotopic (exact) mass is 680 g/mol. The predicted octanol–water partition coefficient (Wildman–Crippen LogP) is 3.55. The van der Waals surface area contributed by atoms with Gasteiger partial charge in [0.05, 0.1) is 25.2 Å². The lowest BCUT2D eigenvalue weighted by molar-refractivity contribution is -0.144. The first kappa shape index (κ1) is 37.4. The quantitative estimate of drug-likeness (QED) is 0.247. The molecule has 268 valence electrons. The number of hydrogen-bond donors (Lipinski definition) is 4. The summed E-state index contributed by atoms with van der Waals surface area (Å²) in [6.07, 6.45) is 1.94. The molecule has 1 aromatic carbocycles. The SMILES string of the molecule is CCC[C@H](NC(=O)[C@@H]1CC(Oc2cc(C)nc3cc(OC)ccc23)CN1C(=O)[C@@H](NC(=O)NC(C)(C)C)C(C)(C)C)C(=O)C(=O)NC1CC1. The van der Waals surface area contributed by atoms with Crippen LogP contribution in [-0.2, 0) is 19.2 Å². The summed E-state index contributed by atoms with van der Waals surface area (Å²) in [7, 11) is 1.58. The summed E-state index contributed by atoms with van der Waals surface area (Å²) >= 11 is 0. The van der Waals surface area contributed by atoms with E-state index < -0.39 is 64.7 Å². The van der Waals surface area contributed by atoms with Crippen LogP contribution in [0.4, 0.5) is 4.79 Å². The summed E-state index contributed by atoms with van der Waals surface area (Å²) in [6.45, 7) is 14.8. The molecule has 49 heavy (non-hydrogen) atoms. The van der Waals surface area contributed by atoms with Gasteiger partial charge in [-0.25, -0.2) is 4.79 Å². The van der Waals surface area contributed by atoms with E-state index in [2.05, 4.69) is 26.3 Å². The number of methoxy groups -OCH3 is 1. The van der Waals surface area contributed by atoms with E-state index in [1.54, 1.807) is 19.2 Å². The van der Waals surface area contributed by atoms with Gasteiger partial charge in [-0.05, 0) is 64.5 Å². The summed E-state index contributed by atoms with van der Waals surface area (Å²) in [5.74, 6) is -1.29. The molecular formula is C36H52N6O7. The Morgan fingerprint density at radius 2 is 1.71 bits per heavy atom. The number of rotatable bonds is 12. The number of aryl methyl sites for hydroxylation is 1. The molecule has 0 radical (unpaired) electrons. The van der Waals surface area contributed by atoms with Crippen molar-refractivity contribution in [2.75, 3.05) is 13.7 Å². The van der Waals surface area contributed by atoms with E-state index >= 15 is 0 Å². The van der Waals surface area contributed by atoms with Gasteiger partial charge in [-0.1, -0.05) is 34.1 Å². The van der Waals surface area contributed by atoms with Gasteiger partial charge in [0, 0.05) is 41.2 Å². The molecule has 1 saturated heterocycles. The number of nitrogens with zero attached hydrogens (tertiary/aromatic N) is 2. The van der Waals surface area contributed by atoms with Gasteiger partial charge in [0.15, 0.2) is 0 Å². The number of amides is 5. The van der Waals surface area contributed by atoms with Gasteiger partial charge >= 0.3 is 6.03 Å². The van der Waals surface area contributed by atoms with Crippen LogP contribution in [-0.4, -0.2) is 88.9 Å². The summed E-state index contributed by atoms with van der Waals surface area (Å²) in [5.41, 5.74) is 0.0999. The fourth-order valence-electron chi connectivity index (χ4n) is 5.87. The van der Waals surface area contributed by atoms with Crippen LogP contribution in [0.2, 0.25) is 0 Å². The minimum Gasteiger partial charge on any atom is -0.497 e. The number of aromatic nitrogens is 1. The normalized spacial score (nSPS) is 19.1. The number of urea groups is 1. The highest BCUT2D eigenvalue weighted by atomic mass is 16.5. The number of ether oxygens (including phenoxy) is 2. The van der Waals surface area contributed by atoms with Crippen molar-refractivity contribution < 1.29 is 33.4 Å². The Labute approximate surface area is 288 Å². The Morgan fingerprint density at radius 1 is 1.02 bits per heavy atom. The fourth-order valence-corrected chi connectivity index (χ4v) is 5.87. The van der Waals surface area contributed by atoms with Crippen LogP contribution < -0.4 is 30.7 Å². The average Bonchev–Trinajstić information content (AvgIpc) is 3.72. The second-order valence-corrected chi connectivity index (χ2v) is 15.2. The number of carbonyl (C=O) groups is 5. The number of fused-ring (bicyclic) bond motifs is 1. The van der Waals surface area contributed by atoms with Crippen molar-refractivity contribution in [3.63, 3.8) is 0 Å². The van der Waals surface area contributed by atoms with E-state index in [0.717, 1.165) is 18.2 Å². The van der Waals surface area contributed by atoms with Crippen LogP contribution in [0.3, 0.4) is 0 Å². The molecule has 2 heterocycles. The molecular weight excluding hydrogens is 628 g/mol. The maximum absolute atomic E-state index is 14.4. The molecule has 13 nitrogen and oxygen atoms in total. The largest absolute Gasteiger partial charge is 0.497 e. The zero-order valence-electron chi connectivity index (χ0n) is 30.2. The number of hydrogen-bond acceptors (Lipinski definition) is 8. The second-order valence-electron chi connectivity index (χ2n) is 15.2. The molecule has 2 fully saturated rings. The van der Waals surface area contributed by atoms with Gasteiger partial charge in [-0.3, -0.25) is 24.2 Å². The molecule has 4 N–H and O–H groups in total. The van der Waals surface area contributed by atoms with Gasteiger partial charge in [-0.15, -0.1) is 0 Å².